The first-order chi connectivity index (χ1) is 5.11. The lowest BCUT2D eigenvalue weighted by Crippen LogP contribution is -3.00. The highest BCUT2D eigenvalue weighted by atomic mass is 79.9. The number of hydrogen-bond acceptors (Lipinski definition) is 0. The fourth-order valence-electron chi connectivity index (χ4n) is 0.808. The third-order valence-electron chi connectivity index (χ3n) is 1.80. The lowest BCUT2D eigenvalue weighted by atomic mass is 10.1. The largest absolute Gasteiger partial charge is 1.00 e. The minimum Gasteiger partial charge on any atom is -1.00 e. The van der Waals surface area contributed by atoms with Crippen LogP contribution in [0, 0.1) is 5.92 Å². The summed E-state index contributed by atoms with van der Waals surface area (Å²) in [5, 5.41) is 0. The zero-order valence-corrected chi connectivity index (χ0v) is 11.5. The quantitative estimate of drug-likeness (QED) is 0.375. The van der Waals surface area contributed by atoms with E-state index in [9.17, 15) is 0 Å². The summed E-state index contributed by atoms with van der Waals surface area (Å²) in [5.41, 5.74) is 0. The van der Waals surface area contributed by atoms with Gasteiger partial charge in [0.1, 0.15) is 13.1 Å². The Hall–Kier alpha value is 0.630. The fourth-order valence-corrected chi connectivity index (χ4v) is 1.14. The highest BCUT2D eigenvalue weighted by molar-refractivity contribution is 9.09. The summed E-state index contributed by atoms with van der Waals surface area (Å²) in [6.07, 6.45) is 2.27. The van der Waals surface area contributed by atoms with Gasteiger partial charge in [-0.2, -0.15) is 0 Å². The molecule has 74 valence electrons. The second kappa shape index (κ2) is 8.24. The summed E-state index contributed by atoms with van der Waals surface area (Å²) in [7, 11) is 0. The molecule has 0 heterocycles. The zero-order chi connectivity index (χ0) is 8.85. The van der Waals surface area contributed by atoms with Crippen molar-refractivity contribution in [2.75, 3.05) is 13.1 Å². The molecule has 0 N–H and O–H groups in total. The maximum absolute atomic E-state index is 3.63. The van der Waals surface area contributed by atoms with Crippen LogP contribution in [-0.2, 0) is 0 Å². The Labute approximate surface area is 95.1 Å². The summed E-state index contributed by atoms with van der Waals surface area (Å²) in [6.45, 7) is 11.0. The van der Waals surface area contributed by atoms with Crippen molar-refractivity contribution >= 4 is 22.1 Å². The van der Waals surface area contributed by atoms with E-state index in [4.69, 9.17) is 0 Å². The molecule has 1 unspecified atom stereocenters. The van der Waals surface area contributed by atoms with E-state index in [1.807, 2.05) is 0 Å². The van der Waals surface area contributed by atoms with Crippen LogP contribution in [0.4, 0.5) is 0 Å². The van der Waals surface area contributed by atoms with Crippen molar-refractivity contribution in [1.29, 1.82) is 0 Å². The summed E-state index contributed by atoms with van der Waals surface area (Å²) in [4.78, 5) is 0.516. The van der Waals surface area contributed by atoms with Crippen LogP contribution in [0.3, 0.4) is 0 Å². The van der Waals surface area contributed by atoms with Gasteiger partial charge in [0, 0.05) is 0 Å². The molecular weight excluding hydrogens is 282 g/mol. The number of alkyl halides is 1. The molecule has 0 aromatic heterocycles. The van der Waals surface area contributed by atoms with Gasteiger partial charge in [0.05, 0.1) is 4.83 Å². The van der Waals surface area contributed by atoms with Crippen molar-refractivity contribution in [2.24, 2.45) is 5.92 Å². The van der Waals surface area contributed by atoms with Gasteiger partial charge in [-0.05, 0) is 19.8 Å². The standard InChI is InChI=1S/C9H19BrN.BrH/c1-5-11(6-2)7-9(10)8(3)4;/h7-9H,5-6H2,1-4H3;1H/q+1;/p-1. The molecule has 0 rings (SSSR count). The van der Waals surface area contributed by atoms with Crippen molar-refractivity contribution in [2.45, 2.75) is 32.5 Å². The van der Waals surface area contributed by atoms with Crippen molar-refractivity contribution in [3.63, 3.8) is 0 Å². The average Bonchev–Trinajstić information content (AvgIpc) is 1.99. The van der Waals surface area contributed by atoms with Gasteiger partial charge in [0.2, 0.25) is 0 Å². The molecule has 0 aliphatic heterocycles. The molecule has 1 atom stereocenters. The highest BCUT2D eigenvalue weighted by Gasteiger charge is 2.10. The zero-order valence-electron chi connectivity index (χ0n) is 8.35. The summed E-state index contributed by atoms with van der Waals surface area (Å²) < 4.78 is 2.32. The van der Waals surface area contributed by atoms with Gasteiger partial charge in [0.15, 0.2) is 6.21 Å². The maximum Gasteiger partial charge on any atom is 0.153 e. The molecule has 3 heteroatoms. The number of nitrogens with zero attached hydrogens (tertiary/aromatic N) is 1. The van der Waals surface area contributed by atoms with E-state index in [1.165, 1.54) is 0 Å². The van der Waals surface area contributed by atoms with Gasteiger partial charge in [-0.15, -0.1) is 0 Å². The first-order valence-corrected chi connectivity index (χ1v) is 5.26. The molecule has 0 aliphatic carbocycles. The smallest absolute Gasteiger partial charge is 0.153 e. The Balaban J connectivity index is 0. The van der Waals surface area contributed by atoms with Crippen LogP contribution in [0.1, 0.15) is 27.7 Å². The number of hydrogen-bond donors (Lipinski definition) is 0. The molecule has 0 amide bonds. The van der Waals surface area contributed by atoms with E-state index in [2.05, 4.69) is 54.4 Å². The van der Waals surface area contributed by atoms with Crippen LogP contribution in [0.25, 0.3) is 0 Å². The van der Waals surface area contributed by atoms with E-state index in [1.54, 1.807) is 0 Å². The fraction of sp³-hybridized carbons (Fsp3) is 0.889. The third kappa shape index (κ3) is 6.18. The van der Waals surface area contributed by atoms with Crippen LogP contribution in [0.15, 0.2) is 0 Å². The minimum atomic E-state index is 0. The monoisotopic (exact) mass is 299 g/mol. The molecule has 0 aromatic carbocycles. The normalized spacial score (nSPS) is 12.2. The summed E-state index contributed by atoms with van der Waals surface area (Å²) in [6, 6.07) is 0. The third-order valence-corrected chi connectivity index (χ3v) is 3.10. The molecule has 0 aliphatic rings. The molecule has 0 saturated heterocycles. The first-order valence-electron chi connectivity index (χ1n) is 4.34. The second-order valence-electron chi connectivity index (χ2n) is 3.06. The van der Waals surface area contributed by atoms with Crippen molar-refractivity contribution in [3.05, 3.63) is 0 Å². The van der Waals surface area contributed by atoms with Crippen molar-refractivity contribution < 1.29 is 21.6 Å². The number of halogens is 2. The minimum absolute atomic E-state index is 0. The molecule has 0 bridgehead atoms. The summed E-state index contributed by atoms with van der Waals surface area (Å²) >= 11 is 3.63. The van der Waals surface area contributed by atoms with Gasteiger partial charge in [0.25, 0.3) is 0 Å². The molecule has 0 spiro atoms. The summed E-state index contributed by atoms with van der Waals surface area (Å²) in [5.74, 6) is 0.676. The van der Waals surface area contributed by atoms with Crippen LogP contribution < -0.4 is 17.0 Å². The lowest BCUT2D eigenvalue weighted by Gasteiger charge is -2.06. The first kappa shape index (κ1) is 15.1. The Kier molecular flexibility index (Phi) is 10.4. The molecule has 1 nitrogen and oxygen atoms in total. The maximum atomic E-state index is 3.63. The van der Waals surface area contributed by atoms with Gasteiger partial charge in [-0.3, -0.25) is 0 Å². The number of rotatable bonds is 4. The molecule has 0 fully saturated rings. The average molecular weight is 301 g/mol. The van der Waals surface area contributed by atoms with Gasteiger partial charge in [-0.25, -0.2) is 4.58 Å². The van der Waals surface area contributed by atoms with Crippen LogP contribution in [0.5, 0.6) is 0 Å². The highest BCUT2D eigenvalue weighted by Crippen LogP contribution is 2.08. The van der Waals surface area contributed by atoms with Crippen LogP contribution in [-0.4, -0.2) is 28.7 Å². The van der Waals surface area contributed by atoms with Gasteiger partial charge in [-0.1, -0.05) is 29.8 Å². The van der Waals surface area contributed by atoms with Crippen LogP contribution >= 0.6 is 15.9 Å². The SMILES string of the molecule is CC[N+](=CC(Br)C(C)C)CC.[Br-]. The van der Waals surface area contributed by atoms with E-state index in [0.717, 1.165) is 13.1 Å². The lowest BCUT2D eigenvalue weighted by molar-refractivity contribution is -0.517. The Bertz CT molecular complexity index is 126. The molecule has 12 heavy (non-hydrogen) atoms. The Morgan fingerprint density at radius 3 is 1.92 bits per heavy atom. The van der Waals surface area contributed by atoms with Crippen LogP contribution in [0.2, 0.25) is 0 Å². The molecule has 0 radical (unpaired) electrons. The molecule has 0 aromatic rings. The van der Waals surface area contributed by atoms with E-state index in [0.29, 0.717) is 10.7 Å². The Morgan fingerprint density at radius 1 is 1.25 bits per heavy atom. The van der Waals surface area contributed by atoms with E-state index >= 15 is 0 Å². The van der Waals surface area contributed by atoms with E-state index in [-0.39, 0.29) is 17.0 Å². The van der Waals surface area contributed by atoms with Crippen molar-refractivity contribution in [1.82, 2.24) is 0 Å². The predicted octanol–water partition coefficient (Wildman–Crippen LogP) is -0.467. The topological polar surface area (TPSA) is 3.01 Å². The Morgan fingerprint density at radius 2 is 1.67 bits per heavy atom. The predicted molar refractivity (Wildman–Crippen MR) is 55.0 cm³/mol. The van der Waals surface area contributed by atoms with Gasteiger partial charge >= 0.3 is 0 Å². The van der Waals surface area contributed by atoms with Gasteiger partial charge < -0.3 is 17.0 Å². The second-order valence-corrected chi connectivity index (χ2v) is 4.12. The molecule has 0 saturated carbocycles. The van der Waals surface area contributed by atoms with Crippen molar-refractivity contribution in [3.8, 4) is 0 Å². The molecular formula is C9H19Br2N. The van der Waals surface area contributed by atoms with E-state index < -0.39 is 0 Å².